The quantitative estimate of drug-likeness (QED) is 0.739. The Morgan fingerprint density at radius 1 is 1.31 bits per heavy atom. The zero-order chi connectivity index (χ0) is 11.4. The molecule has 0 aliphatic carbocycles. The molecule has 0 spiro atoms. The molecule has 16 heavy (non-hydrogen) atoms. The second-order valence-corrected chi connectivity index (χ2v) is 3.51. The number of aromatic nitrogens is 1. The Morgan fingerprint density at radius 2 is 2.19 bits per heavy atom. The molecule has 3 heteroatoms. The summed E-state index contributed by atoms with van der Waals surface area (Å²) in [6, 6.07) is 9.16. The summed E-state index contributed by atoms with van der Waals surface area (Å²) in [5.74, 6) is -0.277. The Kier molecular flexibility index (Phi) is 3.15. The van der Waals surface area contributed by atoms with E-state index in [-0.39, 0.29) is 5.97 Å². The molecule has 0 saturated heterocycles. The molecule has 82 valence electrons. The number of hydrogen-bond donors (Lipinski definition) is 0. The lowest BCUT2D eigenvalue weighted by molar-refractivity contribution is 0.0507. The smallest absolute Gasteiger partial charge is 0.338 e. The van der Waals surface area contributed by atoms with E-state index in [4.69, 9.17) is 4.74 Å². The topological polar surface area (TPSA) is 39.2 Å². The van der Waals surface area contributed by atoms with Crippen LogP contribution < -0.4 is 0 Å². The number of benzene rings is 1. The largest absolute Gasteiger partial charge is 0.462 e. The van der Waals surface area contributed by atoms with Gasteiger partial charge in [0.2, 0.25) is 0 Å². The van der Waals surface area contributed by atoms with Crippen molar-refractivity contribution in [2.75, 3.05) is 6.61 Å². The van der Waals surface area contributed by atoms with Gasteiger partial charge in [0.15, 0.2) is 0 Å². The second-order valence-electron chi connectivity index (χ2n) is 3.51. The monoisotopic (exact) mass is 215 g/mol. The molecular formula is C13H13NO2. The number of esters is 1. The maximum Gasteiger partial charge on any atom is 0.338 e. The molecule has 1 heterocycles. The zero-order valence-corrected chi connectivity index (χ0v) is 9.14. The van der Waals surface area contributed by atoms with Crippen LogP contribution in [0.4, 0.5) is 0 Å². The van der Waals surface area contributed by atoms with Crippen LogP contribution in [0.15, 0.2) is 36.5 Å². The van der Waals surface area contributed by atoms with Crippen molar-refractivity contribution in [3.63, 3.8) is 0 Å². The summed E-state index contributed by atoms with van der Waals surface area (Å²) in [6.07, 6.45) is 2.54. The van der Waals surface area contributed by atoms with Crippen molar-refractivity contribution in [1.29, 1.82) is 0 Å². The van der Waals surface area contributed by atoms with Crippen molar-refractivity contribution in [3.05, 3.63) is 42.1 Å². The molecule has 0 amide bonds. The highest BCUT2D eigenvalue weighted by molar-refractivity contribution is 6.03. The standard InChI is InChI=1S/C13H13NO2/c1-2-9-16-13(15)11-5-3-7-12-10(11)6-4-8-14-12/h3-8H,2,9H2,1H3. The van der Waals surface area contributed by atoms with Crippen molar-refractivity contribution in [2.45, 2.75) is 13.3 Å². The Labute approximate surface area is 94.1 Å². The number of carbonyl (C=O) groups excluding carboxylic acids is 1. The third kappa shape index (κ3) is 2.03. The minimum absolute atomic E-state index is 0.277. The van der Waals surface area contributed by atoms with Crippen molar-refractivity contribution < 1.29 is 9.53 Å². The van der Waals surface area contributed by atoms with Crippen molar-refractivity contribution in [1.82, 2.24) is 4.98 Å². The number of carbonyl (C=O) groups is 1. The van der Waals surface area contributed by atoms with E-state index < -0.39 is 0 Å². The highest BCUT2D eigenvalue weighted by atomic mass is 16.5. The molecule has 2 rings (SSSR count). The van der Waals surface area contributed by atoms with Crippen LogP contribution in [0.25, 0.3) is 10.9 Å². The van der Waals surface area contributed by atoms with E-state index in [0.29, 0.717) is 12.2 Å². The van der Waals surface area contributed by atoms with Crippen LogP contribution in [0.2, 0.25) is 0 Å². The van der Waals surface area contributed by atoms with Crippen LogP contribution in [-0.2, 0) is 4.74 Å². The third-order valence-electron chi connectivity index (χ3n) is 2.30. The fraction of sp³-hybridized carbons (Fsp3) is 0.231. The van der Waals surface area contributed by atoms with Gasteiger partial charge in [0.1, 0.15) is 0 Å². The van der Waals surface area contributed by atoms with E-state index in [0.717, 1.165) is 17.3 Å². The van der Waals surface area contributed by atoms with Gasteiger partial charge in [0.05, 0.1) is 17.7 Å². The molecule has 0 bridgehead atoms. The first-order chi connectivity index (χ1) is 7.83. The fourth-order valence-electron chi connectivity index (χ4n) is 1.55. The average molecular weight is 215 g/mol. The minimum atomic E-state index is -0.277. The van der Waals surface area contributed by atoms with Crippen molar-refractivity contribution >= 4 is 16.9 Å². The Morgan fingerprint density at radius 3 is 3.00 bits per heavy atom. The van der Waals surface area contributed by atoms with E-state index in [1.807, 2.05) is 31.2 Å². The van der Waals surface area contributed by atoms with Gasteiger partial charge in [-0.15, -0.1) is 0 Å². The van der Waals surface area contributed by atoms with E-state index in [9.17, 15) is 4.79 Å². The molecule has 0 aliphatic rings. The van der Waals surface area contributed by atoms with Crippen LogP contribution in [0.5, 0.6) is 0 Å². The van der Waals surface area contributed by atoms with E-state index >= 15 is 0 Å². The van der Waals surface area contributed by atoms with E-state index in [1.165, 1.54) is 0 Å². The SMILES string of the molecule is CCCOC(=O)c1cccc2ncccc12. The number of hydrogen-bond acceptors (Lipinski definition) is 3. The van der Waals surface area contributed by atoms with Crippen LogP contribution in [0, 0.1) is 0 Å². The Hall–Kier alpha value is -1.90. The summed E-state index contributed by atoms with van der Waals surface area (Å²) in [4.78, 5) is 16.0. The van der Waals surface area contributed by atoms with E-state index in [1.54, 1.807) is 12.3 Å². The number of pyridine rings is 1. The first-order valence-electron chi connectivity index (χ1n) is 5.34. The Balaban J connectivity index is 2.40. The highest BCUT2D eigenvalue weighted by Gasteiger charge is 2.10. The summed E-state index contributed by atoms with van der Waals surface area (Å²) >= 11 is 0. The molecule has 0 aliphatic heterocycles. The van der Waals surface area contributed by atoms with Crippen LogP contribution in [0.3, 0.4) is 0 Å². The average Bonchev–Trinajstić information content (AvgIpc) is 2.35. The summed E-state index contributed by atoms with van der Waals surface area (Å²) < 4.78 is 5.12. The molecular weight excluding hydrogens is 202 g/mol. The Bertz CT molecular complexity index is 503. The van der Waals surface area contributed by atoms with Gasteiger partial charge in [-0.1, -0.05) is 19.1 Å². The van der Waals surface area contributed by atoms with Gasteiger partial charge in [-0.05, 0) is 24.6 Å². The maximum absolute atomic E-state index is 11.8. The normalized spacial score (nSPS) is 10.3. The van der Waals surface area contributed by atoms with Crippen molar-refractivity contribution in [2.24, 2.45) is 0 Å². The summed E-state index contributed by atoms with van der Waals surface area (Å²) in [6.45, 7) is 2.42. The zero-order valence-electron chi connectivity index (χ0n) is 9.14. The van der Waals surface area contributed by atoms with E-state index in [2.05, 4.69) is 4.98 Å². The molecule has 3 nitrogen and oxygen atoms in total. The van der Waals surface area contributed by atoms with Gasteiger partial charge < -0.3 is 4.74 Å². The van der Waals surface area contributed by atoms with Gasteiger partial charge >= 0.3 is 5.97 Å². The lowest BCUT2D eigenvalue weighted by Crippen LogP contribution is -2.06. The summed E-state index contributed by atoms with van der Waals surface area (Å²) in [5.41, 5.74) is 1.40. The number of fused-ring (bicyclic) bond motifs is 1. The molecule has 0 unspecified atom stereocenters. The molecule has 0 atom stereocenters. The lowest BCUT2D eigenvalue weighted by atomic mass is 10.1. The molecule has 2 aromatic rings. The molecule has 0 fully saturated rings. The fourth-order valence-corrected chi connectivity index (χ4v) is 1.55. The van der Waals surface area contributed by atoms with Crippen molar-refractivity contribution in [3.8, 4) is 0 Å². The van der Waals surface area contributed by atoms with Gasteiger partial charge in [0.25, 0.3) is 0 Å². The lowest BCUT2D eigenvalue weighted by Gasteiger charge is -2.05. The summed E-state index contributed by atoms with van der Waals surface area (Å²) in [5, 5.41) is 0.839. The molecule has 1 aromatic carbocycles. The molecule has 1 aromatic heterocycles. The first kappa shape index (κ1) is 10.6. The number of rotatable bonds is 3. The van der Waals surface area contributed by atoms with Crippen LogP contribution in [0.1, 0.15) is 23.7 Å². The van der Waals surface area contributed by atoms with Gasteiger partial charge in [0, 0.05) is 11.6 Å². The molecule has 0 saturated carbocycles. The van der Waals surface area contributed by atoms with Gasteiger partial charge in [-0.25, -0.2) is 4.79 Å². The van der Waals surface area contributed by atoms with Gasteiger partial charge in [-0.3, -0.25) is 4.98 Å². The third-order valence-corrected chi connectivity index (χ3v) is 2.30. The van der Waals surface area contributed by atoms with Crippen LogP contribution in [-0.4, -0.2) is 17.6 Å². The first-order valence-corrected chi connectivity index (χ1v) is 5.34. The minimum Gasteiger partial charge on any atom is -0.462 e. The maximum atomic E-state index is 11.8. The highest BCUT2D eigenvalue weighted by Crippen LogP contribution is 2.17. The number of nitrogens with zero attached hydrogens (tertiary/aromatic N) is 1. The molecule has 0 N–H and O–H groups in total. The second kappa shape index (κ2) is 4.75. The predicted molar refractivity (Wildman–Crippen MR) is 62.3 cm³/mol. The van der Waals surface area contributed by atoms with Gasteiger partial charge in [-0.2, -0.15) is 0 Å². The molecule has 0 radical (unpaired) electrons. The van der Waals surface area contributed by atoms with Crippen LogP contribution >= 0.6 is 0 Å². The summed E-state index contributed by atoms with van der Waals surface area (Å²) in [7, 11) is 0. The number of ether oxygens (including phenoxy) is 1. The predicted octanol–water partition coefficient (Wildman–Crippen LogP) is 2.80.